The van der Waals surface area contributed by atoms with Gasteiger partial charge in [-0.15, -0.1) is 0 Å². The van der Waals surface area contributed by atoms with E-state index in [1.807, 2.05) is 0 Å². The minimum Gasteiger partial charge on any atom is -0.467 e. The van der Waals surface area contributed by atoms with Crippen molar-refractivity contribution in [2.24, 2.45) is 0 Å². The van der Waals surface area contributed by atoms with Crippen molar-refractivity contribution in [1.29, 1.82) is 0 Å². The summed E-state index contributed by atoms with van der Waals surface area (Å²) in [4.78, 5) is 22.1. The predicted molar refractivity (Wildman–Crippen MR) is 57.3 cm³/mol. The maximum absolute atomic E-state index is 11.2. The van der Waals surface area contributed by atoms with Gasteiger partial charge in [0.2, 0.25) is 5.91 Å². The van der Waals surface area contributed by atoms with E-state index in [0.29, 0.717) is 6.42 Å². The number of carbonyl (C=O) groups excluding carboxylic acids is 2. The van der Waals surface area contributed by atoms with Gasteiger partial charge in [0.05, 0.1) is 7.11 Å². The predicted octanol–water partition coefficient (Wildman–Crippen LogP) is 1.23. The number of esters is 1. The molecule has 1 amide bonds. The summed E-state index contributed by atoms with van der Waals surface area (Å²) < 4.78 is 4.48. The number of ether oxygens (including phenoxy) is 1. The van der Waals surface area contributed by atoms with Crippen LogP contribution in [0.25, 0.3) is 0 Å². The smallest absolute Gasteiger partial charge is 0.328 e. The molecule has 0 bridgehead atoms. The monoisotopic (exact) mass is 265 g/mol. The van der Waals surface area contributed by atoms with E-state index in [9.17, 15) is 9.59 Å². The van der Waals surface area contributed by atoms with Gasteiger partial charge in [0.25, 0.3) is 0 Å². The number of rotatable bonds is 6. The Morgan fingerprint density at radius 3 is 2.57 bits per heavy atom. The molecule has 0 fully saturated rings. The van der Waals surface area contributed by atoms with Crippen LogP contribution in [0.4, 0.5) is 0 Å². The van der Waals surface area contributed by atoms with Gasteiger partial charge in [-0.05, 0) is 19.8 Å². The lowest BCUT2D eigenvalue weighted by atomic mass is 10.2. The second kappa shape index (κ2) is 7.79. The maximum Gasteiger partial charge on any atom is 0.328 e. The number of alkyl halides is 1. The van der Waals surface area contributed by atoms with Crippen LogP contribution in [0.5, 0.6) is 0 Å². The van der Waals surface area contributed by atoms with Crippen molar-refractivity contribution in [3.05, 3.63) is 0 Å². The number of unbranched alkanes of at least 4 members (excludes halogenated alkanes) is 1. The van der Waals surface area contributed by atoms with Gasteiger partial charge in [0.1, 0.15) is 6.04 Å². The summed E-state index contributed by atoms with van der Waals surface area (Å²) in [5, 5.41) is 3.46. The van der Waals surface area contributed by atoms with Gasteiger partial charge in [-0.25, -0.2) is 4.79 Å². The SMILES string of the molecule is COC(=O)C(C)NC(=O)CCCCBr. The van der Waals surface area contributed by atoms with E-state index in [1.54, 1.807) is 6.92 Å². The minimum absolute atomic E-state index is 0.108. The molecular weight excluding hydrogens is 250 g/mol. The van der Waals surface area contributed by atoms with Gasteiger partial charge in [-0.2, -0.15) is 0 Å². The van der Waals surface area contributed by atoms with Crippen LogP contribution in [0.3, 0.4) is 0 Å². The van der Waals surface area contributed by atoms with Gasteiger partial charge in [-0.3, -0.25) is 4.79 Å². The zero-order valence-electron chi connectivity index (χ0n) is 8.51. The molecule has 14 heavy (non-hydrogen) atoms. The fourth-order valence-electron chi connectivity index (χ4n) is 0.929. The number of halogens is 1. The molecule has 0 aliphatic heterocycles. The molecule has 1 atom stereocenters. The number of amides is 1. The van der Waals surface area contributed by atoms with E-state index in [-0.39, 0.29) is 5.91 Å². The number of methoxy groups -OCH3 is 1. The van der Waals surface area contributed by atoms with Crippen molar-refractivity contribution in [1.82, 2.24) is 5.32 Å². The average Bonchev–Trinajstić information content (AvgIpc) is 2.16. The van der Waals surface area contributed by atoms with Crippen molar-refractivity contribution >= 4 is 27.8 Å². The van der Waals surface area contributed by atoms with Crippen LogP contribution in [0, 0.1) is 0 Å². The fourth-order valence-corrected chi connectivity index (χ4v) is 1.33. The Balaban J connectivity index is 3.65. The van der Waals surface area contributed by atoms with Crippen molar-refractivity contribution in [3.63, 3.8) is 0 Å². The number of nitrogens with one attached hydrogen (secondary N) is 1. The third-order valence-electron chi connectivity index (χ3n) is 1.72. The quantitative estimate of drug-likeness (QED) is 0.447. The largest absolute Gasteiger partial charge is 0.467 e. The highest BCUT2D eigenvalue weighted by atomic mass is 79.9. The maximum atomic E-state index is 11.2. The first kappa shape index (κ1) is 13.4. The lowest BCUT2D eigenvalue weighted by Gasteiger charge is -2.10. The number of hydrogen-bond acceptors (Lipinski definition) is 3. The van der Waals surface area contributed by atoms with E-state index in [2.05, 4.69) is 26.0 Å². The Hall–Kier alpha value is -0.580. The molecule has 0 aromatic heterocycles. The molecule has 0 rings (SSSR count). The van der Waals surface area contributed by atoms with Gasteiger partial charge in [0.15, 0.2) is 0 Å². The molecule has 4 nitrogen and oxygen atoms in total. The zero-order valence-corrected chi connectivity index (χ0v) is 10.1. The van der Waals surface area contributed by atoms with Crippen molar-refractivity contribution < 1.29 is 14.3 Å². The Kier molecular flexibility index (Phi) is 7.47. The molecule has 0 aromatic rings. The second-order valence-electron chi connectivity index (χ2n) is 2.96. The fraction of sp³-hybridized carbons (Fsp3) is 0.778. The summed E-state index contributed by atoms with van der Waals surface area (Å²) in [7, 11) is 1.30. The standard InChI is InChI=1S/C9H16BrNO3/c1-7(9(13)14-2)11-8(12)5-3-4-6-10/h7H,3-6H2,1-2H3,(H,11,12). The highest BCUT2D eigenvalue weighted by Crippen LogP contribution is 1.99. The van der Waals surface area contributed by atoms with Crippen LogP contribution in [-0.2, 0) is 14.3 Å². The second-order valence-corrected chi connectivity index (χ2v) is 3.75. The van der Waals surface area contributed by atoms with Gasteiger partial charge in [0, 0.05) is 11.8 Å². The Morgan fingerprint density at radius 2 is 2.07 bits per heavy atom. The van der Waals surface area contributed by atoms with E-state index in [1.165, 1.54) is 7.11 Å². The van der Waals surface area contributed by atoms with Crippen molar-refractivity contribution in [3.8, 4) is 0 Å². The summed E-state index contributed by atoms with van der Waals surface area (Å²) in [6.07, 6.45) is 2.23. The molecule has 0 heterocycles. The Morgan fingerprint density at radius 1 is 1.43 bits per heavy atom. The van der Waals surface area contributed by atoms with E-state index < -0.39 is 12.0 Å². The summed E-state index contributed by atoms with van der Waals surface area (Å²) in [6.45, 7) is 1.61. The molecule has 0 radical (unpaired) electrons. The number of carbonyl (C=O) groups is 2. The Labute approximate surface area is 92.5 Å². The zero-order chi connectivity index (χ0) is 11.0. The minimum atomic E-state index is -0.559. The summed E-state index contributed by atoms with van der Waals surface area (Å²) in [5.74, 6) is -0.525. The third kappa shape index (κ3) is 5.96. The summed E-state index contributed by atoms with van der Waals surface area (Å²) >= 11 is 3.28. The summed E-state index contributed by atoms with van der Waals surface area (Å²) in [6, 6.07) is -0.559. The topological polar surface area (TPSA) is 55.4 Å². The van der Waals surface area contributed by atoms with Crippen molar-refractivity contribution in [2.75, 3.05) is 12.4 Å². The van der Waals surface area contributed by atoms with Crippen LogP contribution in [-0.4, -0.2) is 30.4 Å². The van der Waals surface area contributed by atoms with E-state index in [4.69, 9.17) is 0 Å². The van der Waals surface area contributed by atoms with Gasteiger partial charge < -0.3 is 10.1 Å². The molecule has 0 spiro atoms. The average molecular weight is 266 g/mol. The highest BCUT2D eigenvalue weighted by Gasteiger charge is 2.14. The molecule has 0 aromatic carbocycles. The molecule has 0 aliphatic rings. The summed E-state index contributed by atoms with van der Waals surface area (Å²) in [5.41, 5.74) is 0. The first-order valence-electron chi connectivity index (χ1n) is 4.55. The first-order chi connectivity index (χ1) is 6.61. The van der Waals surface area contributed by atoms with Gasteiger partial charge >= 0.3 is 5.97 Å². The molecule has 1 unspecified atom stereocenters. The van der Waals surface area contributed by atoms with Gasteiger partial charge in [-0.1, -0.05) is 15.9 Å². The van der Waals surface area contributed by atoms with Crippen molar-refractivity contribution in [2.45, 2.75) is 32.2 Å². The molecule has 5 heteroatoms. The van der Waals surface area contributed by atoms with Crippen LogP contribution >= 0.6 is 15.9 Å². The molecule has 0 saturated heterocycles. The van der Waals surface area contributed by atoms with E-state index >= 15 is 0 Å². The van der Waals surface area contributed by atoms with Crippen LogP contribution in [0.15, 0.2) is 0 Å². The molecule has 82 valence electrons. The molecule has 0 saturated carbocycles. The van der Waals surface area contributed by atoms with E-state index in [0.717, 1.165) is 18.2 Å². The lowest BCUT2D eigenvalue weighted by molar-refractivity contribution is -0.144. The molecule has 1 N–H and O–H groups in total. The number of hydrogen-bond donors (Lipinski definition) is 1. The normalized spacial score (nSPS) is 11.9. The molecular formula is C9H16BrNO3. The Bertz CT molecular complexity index is 196. The van der Waals surface area contributed by atoms with Crippen LogP contribution in [0.1, 0.15) is 26.2 Å². The first-order valence-corrected chi connectivity index (χ1v) is 5.67. The van der Waals surface area contributed by atoms with Crippen LogP contribution in [0.2, 0.25) is 0 Å². The lowest BCUT2D eigenvalue weighted by Crippen LogP contribution is -2.38. The third-order valence-corrected chi connectivity index (χ3v) is 2.28. The highest BCUT2D eigenvalue weighted by molar-refractivity contribution is 9.09. The van der Waals surface area contributed by atoms with Crippen LogP contribution < -0.4 is 5.32 Å². The molecule has 0 aliphatic carbocycles.